The van der Waals surface area contributed by atoms with Gasteiger partial charge < -0.3 is 19.9 Å². The maximum absolute atomic E-state index is 12.1. The Morgan fingerprint density at radius 2 is 1.88 bits per heavy atom. The number of aryl methyl sites for hydroxylation is 1. The molecule has 0 aliphatic heterocycles. The highest BCUT2D eigenvalue weighted by Gasteiger charge is 2.34. The Hall–Kier alpha value is -2.53. The van der Waals surface area contributed by atoms with E-state index in [0.29, 0.717) is 17.9 Å². The Morgan fingerprint density at radius 1 is 1.16 bits per heavy atom. The molecule has 0 bridgehead atoms. The number of hydrogen-bond donors (Lipinski definition) is 2. The average molecular weight is 341 g/mol. The van der Waals surface area contributed by atoms with Crippen LogP contribution < -0.4 is 14.8 Å². The number of ether oxygens (including phenoxy) is 2. The van der Waals surface area contributed by atoms with Crippen LogP contribution in [0, 0.1) is 0 Å². The molecule has 1 atom stereocenters. The Morgan fingerprint density at radius 3 is 2.68 bits per heavy atom. The Bertz CT molecular complexity index is 746. The van der Waals surface area contributed by atoms with Gasteiger partial charge in [0.1, 0.15) is 5.60 Å². The third-order valence-corrected chi connectivity index (χ3v) is 4.56. The van der Waals surface area contributed by atoms with Crippen LogP contribution in [0.4, 0.5) is 0 Å². The topological polar surface area (TPSA) is 67.8 Å². The molecule has 3 rings (SSSR count). The van der Waals surface area contributed by atoms with Gasteiger partial charge in [-0.05, 0) is 42.5 Å². The fourth-order valence-electron chi connectivity index (χ4n) is 3.26. The summed E-state index contributed by atoms with van der Waals surface area (Å²) in [5.41, 5.74) is 1.04. The summed E-state index contributed by atoms with van der Waals surface area (Å²) in [4.78, 5) is 12.1. The summed E-state index contributed by atoms with van der Waals surface area (Å²) in [5.74, 6) is 0.819. The molecule has 2 aromatic carbocycles. The molecule has 0 saturated carbocycles. The van der Waals surface area contributed by atoms with E-state index < -0.39 is 5.60 Å². The number of carbonyl (C=O) groups excluding carboxylic acids is 1. The first kappa shape index (κ1) is 17.3. The third kappa shape index (κ3) is 3.94. The highest BCUT2D eigenvalue weighted by Crippen LogP contribution is 2.34. The van der Waals surface area contributed by atoms with Crippen LogP contribution in [0.3, 0.4) is 0 Å². The molecule has 25 heavy (non-hydrogen) atoms. The van der Waals surface area contributed by atoms with Crippen molar-refractivity contribution >= 4 is 5.91 Å². The predicted octanol–water partition coefficient (Wildman–Crippen LogP) is 2.41. The minimum absolute atomic E-state index is 0.127. The molecule has 1 unspecified atom stereocenters. The molecule has 2 aromatic rings. The van der Waals surface area contributed by atoms with E-state index in [-0.39, 0.29) is 19.1 Å². The lowest BCUT2D eigenvalue weighted by atomic mass is 9.79. The first-order chi connectivity index (χ1) is 12.1. The molecule has 132 valence electrons. The second-order valence-corrected chi connectivity index (χ2v) is 6.26. The van der Waals surface area contributed by atoms with Gasteiger partial charge in [-0.15, -0.1) is 0 Å². The zero-order valence-electron chi connectivity index (χ0n) is 14.3. The number of methoxy groups -OCH3 is 1. The number of aliphatic hydroxyl groups is 1. The quantitative estimate of drug-likeness (QED) is 0.847. The lowest BCUT2D eigenvalue weighted by Gasteiger charge is -2.34. The van der Waals surface area contributed by atoms with Crippen LogP contribution in [0.25, 0.3) is 0 Å². The molecule has 0 fully saturated rings. The fourth-order valence-corrected chi connectivity index (χ4v) is 3.26. The summed E-state index contributed by atoms with van der Waals surface area (Å²) >= 11 is 0. The van der Waals surface area contributed by atoms with E-state index >= 15 is 0 Å². The fraction of sp³-hybridized carbons (Fsp3) is 0.350. The second kappa shape index (κ2) is 7.57. The van der Waals surface area contributed by atoms with Crippen molar-refractivity contribution < 1.29 is 19.4 Å². The van der Waals surface area contributed by atoms with Crippen molar-refractivity contribution in [3.63, 3.8) is 0 Å². The van der Waals surface area contributed by atoms with E-state index in [9.17, 15) is 9.90 Å². The van der Waals surface area contributed by atoms with Gasteiger partial charge in [0.25, 0.3) is 5.91 Å². The summed E-state index contributed by atoms with van der Waals surface area (Å²) in [6.45, 7) is 0.0518. The normalized spacial score (nSPS) is 19.0. The van der Waals surface area contributed by atoms with Crippen LogP contribution in [0.5, 0.6) is 11.5 Å². The lowest BCUT2D eigenvalue weighted by molar-refractivity contribution is -0.124. The van der Waals surface area contributed by atoms with Crippen molar-refractivity contribution in [1.82, 2.24) is 5.32 Å². The molecule has 0 heterocycles. The largest absolute Gasteiger partial charge is 0.493 e. The number of amides is 1. The smallest absolute Gasteiger partial charge is 0.258 e. The standard InChI is InChI=1S/C20H23NO4/c1-24-17-10-4-5-11-18(17)25-13-19(22)21-14-20(23)12-6-8-15-7-2-3-9-16(15)20/h2-5,7,9-11,23H,6,8,12-14H2,1H3,(H,21,22). The number of hydrogen-bond acceptors (Lipinski definition) is 4. The zero-order chi connectivity index (χ0) is 17.7. The van der Waals surface area contributed by atoms with E-state index in [1.165, 1.54) is 0 Å². The van der Waals surface area contributed by atoms with E-state index in [2.05, 4.69) is 5.32 Å². The number of benzene rings is 2. The molecular weight excluding hydrogens is 318 g/mol. The van der Waals surface area contributed by atoms with Gasteiger partial charge in [0.2, 0.25) is 0 Å². The van der Waals surface area contributed by atoms with Crippen molar-refractivity contribution in [3.05, 3.63) is 59.7 Å². The number of nitrogens with one attached hydrogen (secondary N) is 1. The first-order valence-corrected chi connectivity index (χ1v) is 8.46. The molecule has 1 aliphatic carbocycles. The summed E-state index contributed by atoms with van der Waals surface area (Å²) < 4.78 is 10.7. The highest BCUT2D eigenvalue weighted by atomic mass is 16.5. The van der Waals surface area contributed by atoms with E-state index in [4.69, 9.17) is 9.47 Å². The Labute approximate surface area is 147 Å². The predicted molar refractivity (Wildman–Crippen MR) is 94.8 cm³/mol. The number of rotatable bonds is 6. The van der Waals surface area contributed by atoms with Gasteiger partial charge in [0.05, 0.1) is 13.7 Å². The van der Waals surface area contributed by atoms with Gasteiger partial charge >= 0.3 is 0 Å². The SMILES string of the molecule is COc1ccccc1OCC(=O)NCC1(O)CCCc2ccccc21. The average Bonchev–Trinajstić information content (AvgIpc) is 2.65. The van der Waals surface area contributed by atoms with Crippen molar-refractivity contribution in [3.8, 4) is 11.5 Å². The third-order valence-electron chi connectivity index (χ3n) is 4.56. The van der Waals surface area contributed by atoms with Gasteiger partial charge in [-0.3, -0.25) is 4.79 Å². The maximum atomic E-state index is 12.1. The van der Waals surface area contributed by atoms with Crippen molar-refractivity contribution in [1.29, 1.82) is 0 Å². The van der Waals surface area contributed by atoms with Crippen LogP contribution in [-0.2, 0) is 16.8 Å². The molecule has 0 aromatic heterocycles. The summed E-state index contributed by atoms with van der Waals surface area (Å²) in [6, 6.07) is 15.0. The second-order valence-electron chi connectivity index (χ2n) is 6.26. The summed E-state index contributed by atoms with van der Waals surface area (Å²) in [5, 5.41) is 13.8. The van der Waals surface area contributed by atoms with Crippen LogP contribution in [0.1, 0.15) is 24.0 Å². The minimum Gasteiger partial charge on any atom is -0.493 e. The van der Waals surface area contributed by atoms with Gasteiger partial charge in [-0.25, -0.2) is 0 Å². The lowest BCUT2D eigenvalue weighted by Crippen LogP contribution is -2.44. The Kier molecular flexibility index (Phi) is 5.24. The van der Waals surface area contributed by atoms with Gasteiger partial charge in [-0.2, -0.15) is 0 Å². The molecule has 0 saturated heterocycles. The van der Waals surface area contributed by atoms with Gasteiger partial charge in [0, 0.05) is 0 Å². The van der Waals surface area contributed by atoms with Gasteiger partial charge in [-0.1, -0.05) is 36.4 Å². The summed E-state index contributed by atoms with van der Waals surface area (Å²) in [7, 11) is 1.55. The molecule has 1 aliphatic rings. The first-order valence-electron chi connectivity index (χ1n) is 8.46. The number of para-hydroxylation sites is 2. The molecule has 0 spiro atoms. The monoisotopic (exact) mass is 341 g/mol. The Balaban J connectivity index is 1.58. The summed E-state index contributed by atoms with van der Waals surface area (Å²) in [6.07, 6.45) is 2.50. The number of carbonyl (C=O) groups is 1. The van der Waals surface area contributed by atoms with Crippen LogP contribution in [0.15, 0.2) is 48.5 Å². The van der Waals surface area contributed by atoms with Crippen molar-refractivity contribution in [2.24, 2.45) is 0 Å². The minimum atomic E-state index is -1.02. The van der Waals surface area contributed by atoms with E-state index in [1.807, 2.05) is 36.4 Å². The van der Waals surface area contributed by atoms with Gasteiger partial charge in [0.15, 0.2) is 18.1 Å². The molecule has 0 radical (unpaired) electrons. The maximum Gasteiger partial charge on any atom is 0.258 e. The molecular formula is C20H23NO4. The van der Waals surface area contributed by atoms with Crippen LogP contribution >= 0.6 is 0 Å². The van der Waals surface area contributed by atoms with Crippen molar-refractivity contribution in [2.75, 3.05) is 20.3 Å². The highest BCUT2D eigenvalue weighted by molar-refractivity contribution is 5.77. The zero-order valence-corrected chi connectivity index (χ0v) is 14.3. The van der Waals surface area contributed by atoms with Crippen molar-refractivity contribution in [2.45, 2.75) is 24.9 Å². The molecule has 5 nitrogen and oxygen atoms in total. The molecule has 5 heteroatoms. The number of fused-ring (bicyclic) bond motifs is 1. The van der Waals surface area contributed by atoms with E-state index in [1.54, 1.807) is 19.2 Å². The van der Waals surface area contributed by atoms with Crippen LogP contribution in [0.2, 0.25) is 0 Å². The van der Waals surface area contributed by atoms with E-state index in [0.717, 1.165) is 24.0 Å². The molecule has 1 amide bonds. The molecule has 2 N–H and O–H groups in total. The van der Waals surface area contributed by atoms with Crippen LogP contribution in [-0.4, -0.2) is 31.3 Å².